The zero-order chi connectivity index (χ0) is 13.3. The number of halogens is 1. The van der Waals surface area contributed by atoms with Gasteiger partial charge in [-0.2, -0.15) is 0 Å². The van der Waals surface area contributed by atoms with Crippen LogP contribution in [-0.4, -0.2) is 18.2 Å². The molecule has 1 aromatic rings. The van der Waals surface area contributed by atoms with Gasteiger partial charge >= 0.3 is 5.97 Å². The highest BCUT2D eigenvalue weighted by atomic mass is 35.5. The molecule has 0 atom stereocenters. The first-order chi connectivity index (χ1) is 8.55. The number of ether oxygens (including phenoxy) is 1. The third-order valence-corrected chi connectivity index (χ3v) is 4.23. The van der Waals surface area contributed by atoms with Crippen molar-refractivity contribution in [2.24, 2.45) is 0 Å². The fourth-order valence-electron chi connectivity index (χ4n) is 2.57. The average Bonchev–Trinajstić information content (AvgIpc) is 2.26. The zero-order valence-corrected chi connectivity index (χ0v) is 11.4. The molecule has 1 N–H and O–H groups in total. The maximum atomic E-state index is 11.5. The standard InChI is InChI=1S/C14H17ClO3/c1-3-10-11(15)7-9(8-12(10)18-2)14(13(16)17)5-4-6-14/h7-8H,3-6H2,1-2H3,(H,16,17). The van der Waals surface area contributed by atoms with Crippen molar-refractivity contribution in [2.45, 2.75) is 38.0 Å². The van der Waals surface area contributed by atoms with E-state index in [1.807, 2.05) is 13.0 Å². The fraction of sp³-hybridized carbons (Fsp3) is 0.500. The second kappa shape index (κ2) is 4.81. The normalized spacial score (nSPS) is 17.1. The Kier molecular flexibility index (Phi) is 3.53. The molecule has 1 aliphatic carbocycles. The van der Waals surface area contributed by atoms with Crippen LogP contribution in [0.1, 0.15) is 37.3 Å². The highest BCUT2D eigenvalue weighted by Gasteiger charge is 2.46. The van der Waals surface area contributed by atoms with Gasteiger partial charge in [-0.3, -0.25) is 4.79 Å². The van der Waals surface area contributed by atoms with E-state index in [1.165, 1.54) is 0 Å². The summed E-state index contributed by atoms with van der Waals surface area (Å²) in [6, 6.07) is 3.62. The van der Waals surface area contributed by atoms with Crippen molar-refractivity contribution in [1.29, 1.82) is 0 Å². The first-order valence-electron chi connectivity index (χ1n) is 6.15. The number of methoxy groups -OCH3 is 1. The Labute approximate surface area is 112 Å². The Balaban J connectivity index is 2.52. The molecule has 1 saturated carbocycles. The van der Waals surface area contributed by atoms with Crippen molar-refractivity contribution in [2.75, 3.05) is 7.11 Å². The number of hydrogen-bond acceptors (Lipinski definition) is 2. The maximum absolute atomic E-state index is 11.5. The number of carboxylic acid groups (broad SMARTS) is 1. The molecule has 0 bridgehead atoms. The Hall–Kier alpha value is -1.22. The van der Waals surface area contributed by atoms with Crippen molar-refractivity contribution in [1.82, 2.24) is 0 Å². The molecule has 1 aliphatic rings. The van der Waals surface area contributed by atoms with Crippen molar-refractivity contribution in [3.05, 3.63) is 28.3 Å². The van der Waals surface area contributed by atoms with Gasteiger partial charge in [0.25, 0.3) is 0 Å². The number of hydrogen-bond donors (Lipinski definition) is 1. The maximum Gasteiger partial charge on any atom is 0.314 e. The molecular formula is C14H17ClO3. The average molecular weight is 269 g/mol. The Morgan fingerprint density at radius 3 is 2.56 bits per heavy atom. The van der Waals surface area contributed by atoms with Gasteiger partial charge in [-0.15, -0.1) is 0 Å². The van der Waals surface area contributed by atoms with E-state index in [2.05, 4.69) is 0 Å². The van der Waals surface area contributed by atoms with E-state index in [9.17, 15) is 9.90 Å². The van der Waals surface area contributed by atoms with Gasteiger partial charge in [-0.1, -0.05) is 24.9 Å². The zero-order valence-electron chi connectivity index (χ0n) is 10.6. The predicted molar refractivity (Wildman–Crippen MR) is 70.5 cm³/mol. The lowest BCUT2D eigenvalue weighted by atomic mass is 9.64. The van der Waals surface area contributed by atoms with Gasteiger partial charge in [-0.25, -0.2) is 0 Å². The smallest absolute Gasteiger partial charge is 0.314 e. The van der Waals surface area contributed by atoms with Crippen LogP contribution in [0.4, 0.5) is 0 Å². The third-order valence-electron chi connectivity index (χ3n) is 3.90. The molecule has 4 heteroatoms. The lowest BCUT2D eigenvalue weighted by Gasteiger charge is -2.38. The molecule has 0 unspecified atom stereocenters. The van der Waals surface area contributed by atoms with E-state index in [0.29, 0.717) is 23.6 Å². The molecule has 3 nitrogen and oxygen atoms in total. The molecule has 0 aliphatic heterocycles. The molecule has 2 rings (SSSR count). The lowest BCUT2D eigenvalue weighted by Crippen LogP contribution is -2.42. The molecule has 1 fully saturated rings. The van der Waals surface area contributed by atoms with E-state index < -0.39 is 11.4 Å². The predicted octanol–water partition coefficient (Wildman–Crippen LogP) is 3.42. The van der Waals surface area contributed by atoms with Gasteiger partial charge in [0.05, 0.1) is 12.5 Å². The summed E-state index contributed by atoms with van der Waals surface area (Å²) in [7, 11) is 1.59. The molecular weight excluding hydrogens is 252 g/mol. The summed E-state index contributed by atoms with van der Waals surface area (Å²) in [4.78, 5) is 11.5. The van der Waals surface area contributed by atoms with Gasteiger partial charge in [-0.05, 0) is 37.0 Å². The summed E-state index contributed by atoms with van der Waals surface area (Å²) >= 11 is 6.23. The van der Waals surface area contributed by atoms with Crippen LogP contribution in [0.25, 0.3) is 0 Å². The fourth-order valence-corrected chi connectivity index (χ4v) is 2.91. The SMILES string of the molecule is CCc1c(Cl)cc(C2(C(=O)O)CCC2)cc1OC. The number of rotatable bonds is 4. The molecule has 0 radical (unpaired) electrons. The molecule has 0 spiro atoms. The van der Waals surface area contributed by atoms with E-state index in [-0.39, 0.29) is 0 Å². The molecule has 0 heterocycles. The van der Waals surface area contributed by atoms with E-state index in [1.54, 1.807) is 13.2 Å². The number of aliphatic carboxylic acids is 1. The summed E-state index contributed by atoms with van der Waals surface area (Å²) in [5, 5.41) is 10.0. The Morgan fingerprint density at radius 1 is 1.50 bits per heavy atom. The lowest BCUT2D eigenvalue weighted by molar-refractivity contribution is -0.147. The first-order valence-corrected chi connectivity index (χ1v) is 6.53. The van der Waals surface area contributed by atoms with Crippen LogP contribution in [-0.2, 0) is 16.6 Å². The highest BCUT2D eigenvalue weighted by molar-refractivity contribution is 6.31. The monoisotopic (exact) mass is 268 g/mol. The second-order valence-electron chi connectivity index (χ2n) is 4.73. The van der Waals surface area contributed by atoms with Crippen LogP contribution in [0.2, 0.25) is 5.02 Å². The minimum atomic E-state index is -0.767. The molecule has 98 valence electrons. The van der Waals surface area contributed by atoms with Crippen LogP contribution in [0.3, 0.4) is 0 Å². The van der Waals surface area contributed by atoms with Gasteiger partial charge in [0.15, 0.2) is 0 Å². The topological polar surface area (TPSA) is 46.5 Å². The summed E-state index contributed by atoms with van der Waals surface area (Å²) in [6.07, 6.45) is 3.06. The first kappa shape index (κ1) is 13.2. The molecule has 0 saturated heterocycles. The number of carboxylic acids is 1. The van der Waals surface area contributed by atoms with Gasteiger partial charge in [0, 0.05) is 10.6 Å². The van der Waals surface area contributed by atoms with Crippen LogP contribution in [0.15, 0.2) is 12.1 Å². The number of benzene rings is 1. The Bertz CT molecular complexity index is 478. The van der Waals surface area contributed by atoms with Gasteiger partial charge in [0.2, 0.25) is 0 Å². The largest absolute Gasteiger partial charge is 0.496 e. The summed E-state index contributed by atoms with van der Waals surface area (Å²) in [5.41, 5.74) is 0.937. The van der Waals surface area contributed by atoms with Crippen LogP contribution in [0.5, 0.6) is 5.75 Å². The quantitative estimate of drug-likeness (QED) is 0.910. The summed E-state index contributed by atoms with van der Waals surface area (Å²) in [5.74, 6) is -0.0800. The second-order valence-corrected chi connectivity index (χ2v) is 5.14. The minimum Gasteiger partial charge on any atom is -0.496 e. The minimum absolute atomic E-state index is 0.597. The highest BCUT2D eigenvalue weighted by Crippen LogP contribution is 2.46. The van der Waals surface area contributed by atoms with Gasteiger partial charge < -0.3 is 9.84 Å². The van der Waals surface area contributed by atoms with E-state index >= 15 is 0 Å². The molecule has 0 amide bonds. The van der Waals surface area contributed by atoms with Gasteiger partial charge in [0.1, 0.15) is 5.75 Å². The van der Waals surface area contributed by atoms with Crippen LogP contribution < -0.4 is 4.74 Å². The van der Waals surface area contributed by atoms with E-state index in [0.717, 1.165) is 24.0 Å². The van der Waals surface area contributed by atoms with Crippen LogP contribution in [0, 0.1) is 0 Å². The Morgan fingerprint density at radius 2 is 2.17 bits per heavy atom. The third kappa shape index (κ3) is 1.87. The van der Waals surface area contributed by atoms with Crippen LogP contribution >= 0.6 is 11.6 Å². The summed E-state index contributed by atoms with van der Waals surface area (Å²) < 4.78 is 5.32. The molecule has 1 aromatic carbocycles. The number of carbonyl (C=O) groups is 1. The van der Waals surface area contributed by atoms with Crippen molar-refractivity contribution >= 4 is 17.6 Å². The van der Waals surface area contributed by atoms with Crippen molar-refractivity contribution < 1.29 is 14.6 Å². The molecule has 0 aromatic heterocycles. The van der Waals surface area contributed by atoms with E-state index in [4.69, 9.17) is 16.3 Å². The molecule has 18 heavy (non-hydrogen) atoms. The van der Waals surface area contributed by atoms with Crippen molar-refractivity contribution in [3.63, 3.8) is 0 Å². The summed E-state index contributed by atoms with van der Waals surface area (Å²) in [6.45, 7) is 2.00. The van der Waals surface area contributed by atoms with Crippen molar-refractivity contribution in [3.8, 4) is 5.75 Å².